The van der Waals surface area contributed by atoms with Crippen LogP contribution < -0.4 is 11.1 Å². The van der Waals surface area contributed by atoms with Crippen LogP contribution in [0.3, 0.4) is 0 Å². The molecule has 0 radical (unpaired) electrons. The number of nitrogens with two attached hydrogens (primary N) is 1. The van der Waals surface area contributed by atoms with E-state index in [0.29, 0.717) is 30.4 Å². The summed E-state index contributed by atoms with van der Waals surface area (Å²) < 4.78 is 18.3. The van der Waals surface area contributed by atoms with Crippen LogP contribution in [0, 0.1) is 0 Å². The molecule has 1 atom stereocenters. The Morgan fingerprint density at radius 2 is 1.89 bits per heavy atom. The molecule has 0 aliphatic heterocycles. The van der Waals surface area contributed by atoms with Gasteiger partial charge in [0.2, 0.25) is 7.37 Å². The number of nitrogen functional groups attached to an aromatic ring is 1. The monoisotopic (exact) mass is 396 g/mol. The molecule has 0 aliphatic carbocycles. The summed E-state index contributed by atoms with van der Waals surface area (Å²) in [6.45, 7) is 4.22. The Labute approximate surface area is 165 Å². The first kappa shape index (κ1) is 20.1. The van der Waals surface area contributed by atoms with E-state index in [9.17, 15) is 4.57 Å². The molecule has 0 fully saturated rings. The van der Waals surface area contributed by atoms with Gasteiger partial charge in [0.25, 0.3) is 0 Å². The highest BCUT2D eigenvalue weighted by molar-refractivity contribution is 7.58. The molecule has 0 saturated heterocycles. The quantitative estimate of drug-likeness (QED) is 0.396. The van der Waals surface area contributed by atoms with Crippen LogP contribution in [0.1, 0.15) is 19.4 Å². The van der Waals surface area contributed by atoms with Gasteiger partial charge in [0.05, 0.1) is 12.3 Å². The fraction of sp³-hybridized carbons (Fsp3) is 0.238. The standard InChI is InChI=1S/C21H25N4O2P/c1-3-27-28(26,4-2)14-16-7-5-10-19(11-16)25-21-13-20(23-15-24-21)17-8-6-9-18(22)12-17/h5-13,15H,3-4,14,22H2,1-2H3,(H,23,24,25). The Bertz CT molecular complexity index is 993. The second-order valence-corrected chi connectivity index (χ2v) is 9.28. The lowest BCUT2D eigenvalue weighted by atomic mass is 10.1. The molecule has 0 saturated carbocycles. The van der Waals surface area contributed by atoms with E-state index < -0.39 is 7.37 Å². The number of benzene rings is 2. The SMILES string of the molecule is CCOP(=O)(CC)Cc1cccc(Nc2cc(-c3cccc(N)c3)ncn2)c1. The van der Waals surface area contributed by atoms with Crippen LogP contribution in [-0.4, -0.2) is 22.7 Å². The van der Waals surface area contributed by atoms with Gasteiger partial charge in [-0.15, -0.1) is 0 Å². The first-order valence-corrected chi connectivity index (χ1v) is 11.3. The van der Waals surface area contributed by atoms with Gasteiger partial charge in [0.1, 0.15) is 12.1 Å². The van der Waals surface area contributed by atoms with E-state index in [1.54, 1.807) is 0 Å². The van der Waals surface area contributed by atoms with E-state index in [-0.39, 0.29) is 0 Å². The normalized spacial score (nSPS) is 13.1. The van der Waals surface area contributed by atoms with Gasteiger partial charge in [0, 0.05) is 35.3 Å². The fourth-order valence-electron chi connectivity index (χ4n) is 2.94. The highest BCUT2D eigenvalue weighted by atomic mass is 31.2. The number of nitrogens with zero attached hydrogens (tertiary/aromatic N) is 2. The smallest absolute Gasteiger partial charge is 0.207 e. The molecule has 0 bridgehead atoms. The van der Waals surface area contributed by atoms with Crippen molar-refractivity contribution in [1.82, 2.24) is 9.97 Å². The lowest BCUT2D eigenvalue weighted by molar-refractivity contribution is 0.333. The molecule has 0 amide bonds. The van der Waals surface area contributed by atoms with Crippen LogP contribution in [0.4, 0.5) is 17.2 Å². The zero-order valence-electron chi connectivity index (χ0n) is 16.1. The molecule has 146 valence electrons. The Kier molecular flexibility index (Phi) is 6.45. The van der Waals surface area contributed by atoms with Crippen molar-refractivity contribution in [2.75, 3.05) is 23.8 Å². The molecule has 7 heteroatoms. The van der Waals surface area contributed by atoms with E-state index in [1.165, 1.54) is 6.33 Å². The molecular formula is C21H25N4O2P. The van der Waals surface area contributed by atoms with Gasteiger partial charge in [-0.05, 0) is 36.8 Å². The number of nitrogens with one attached hydrogen (secondary N) is 1. The minimum atomic E-state index is -2.64. The lowest BCUT2D eigenvalue weighted by Gasteiger charge is -2.16. The summed E-state index contributed by atoms with van der Waals surface area (Å²) in [5, 5.41) is 3.29. The van der Waals surface area contributed by atoms with Crippen molar-refractivity contribution in [2.45, 2.75) is 20.0 Å². The molecule has 3 N–H and O–H groups in total. The minimum absolute atomic E-state index is 0.422. The zero-order chi connectivity index (χ0) is 20.0. The van der Waals surface area contributed by atoms with Gasteiger partial charge >= 0.3 is 0 Å². The molecule has 3 rings (SSSR count). The highest BCUT2D eigenvalue weighted by Gasteiger charge is 2.20. The van der Waals surface area contributed by atoms with Crippen molar-refractivity contribution in [2.24, 2.45) is 0 Å². The van der Waals surface area contributed by atoms with Crippen molar-refractivity contribution in [3.8, 4) is 11.3 Å². The third kappa shape index (κ3) is 5.18. The second kappa shape index (κ2) is 9.00. The van der Waals surface area contributed by atoms with Crippen molar-refractivity contribution in [3.05, 3.63) is 66.5 Å². The zero-order valence-corrected chi connectivity index (χ0v) is 17.0. The van der Waals surface area contributed by atoms with Crippen LogP contribution in [0.25, 0.3) is 11.3 Å². The van der Waals surface area contributed by atoms with E-state index >= 15 is 0 Å². The highest BCUT2D eigenvalue weighted by Crippen LogP contribution is 2.49. The average molecular weight is 396 g/mol. The Morgan fingerprint density at radius 3 is 2.64 bits per heavy atom. The average Bonchev–Trinajstić information content (AvgIpc) is 2.69. The Morgan fingerprint density at radius 1 is 1.07 bits per heavy atom. The van der Waals surface area contributed by atoms with Crippen LogP contribution >= 0.6 is 7.37 Å². The summed E-state index contributed by atoms with van der Waals surface area (Å²) in [5.74, 6) is 0.674. The van der Waals surface area contributed by atoms with Gasteiger partial charge in [-0.1, -0.05) is 31.2 Å². The van der Waals surface area contributed by atoms with Crippen molar-refractivity contribution >= 4 is 24.6 Å². The molecule has 0 aliphatic rings. The predicted octanol–water partition coefficient (Wildman–Crippen LogP) is 5.30. The number of aromatic nitrogens is 2. The maximum atomic E-state index is 12.8. The minimum Gasteiger partial charge on any atom is -0.399 e. The largest absolute Gasteiger partial charge is 0.399 e. The number of hydrogen-bond acceptors (Lipinski definition) is 6. The van der Waals surface area contributed by atoms with Gasteiger partial charge in [0.15, 0.2) is 0 Å². The molecule has 1 aromatic heterocycles. The molecule has 1 unspecified atom stereocenters. The summed E-state index contributed by atoms with van der Waals surface area (Å²) in [7, 11) is -2.64. The van der Waals surface area contributed by atoms with Crippen molar-refractivity contribution in [3.63, 3.8) is 0 Å². The third-order valence-electron chi connectivity index (χ3n) is 4.32. The van der Waals surface area contributed by atoms with E-state index in [4.69, 9.17) is 10.3 Å². The molecule has 2 aromatic carbocycles. The van der Waals surface area contributed by atoms with Crippen LogP contribution in [0.2, 0.25) is 0 Å². The third-order valence-corrected chi connectivity index (χ3v) is 6.86. The Balaban J connectivity index is 1.79. The maximum absolute atomic E-state index is 12.8. The summed E-state index contributed by atoms with van der Waals surface area (Å²) in [5.41, 5.74) is 10.1. The summed E-state index contributed by atoms with van der Waals surface area (Å²) >= 11 is 0. The van der Waals surface area contributed by atoms with E-state index in [1.807, 2.05) is 68.4 Å². The van der Waals surface area contributed by atoms with E-state index in [0.717, 1.165) is 22.5 Å². The van der Waals surface area contributed by atoms with Gasteiger partial charge < -0.3 is 15.6 Å². The number of hydrogen-bond donors (Lipinski definition) is 2. The van der Waals surface area contributed by atoms with Crippen LogP contribution in [0.15, 0.2) is 60.9 Å². The summed E-state index contributed by atoms with van der Waals surface area (Å²) in [4.78, 5) is 8.63. The molecule has 3 aromatic rings. The van der Waals surface area contributed by atoms with Crippen LogP contribution in [-0.2, 0) is 15.3 Å². The first-order valence-electron chi connectivity index (χ1n) is 9.28. The topological polar surface area (TPSA) is 90.1 Å². The summed E-state index contributed by atoms with van der Waals surface area (Å²) in [6.07, 6.45) is 2.46. The number of anilines is 3. The van der Waals surface area contributed by atoms with Crippen LogP contribution in [0.5, 0.6) is 0 Å². The Hall–Kier alpha value is -2.69. The molecule has 0 spiro atoms. The molecular weight excluding hydrogens is 371 g/mol. The predicted molar refractivity (Wildman–Crippen MR) is 115 cm³/mol. The molecule has 28 heavy (non-hydrogen) atoms. The fourth-order valence-corrected chi connectivity index (χ4v) is 4.66. The van der Waals surface area contributed by atoms with Gasteiger partial charge in [-0.2, -0.15) is 0 Å². The van der Waals surface area contributed by atoms with Crippen molar-refractivity contribution < 1.29 is 9.09 Å². The molecule has 1 heterocycles. The van der Waals surface area contributed by atoms with E-state index in [2.05, 4.69) is 15.3 Å². The number of rotatable bonds is 8. The lowest BCUT2D eigenvalue weighted by Crippen LogP contribution is -1.99. The summed E-state index contributed by atoms with van der Waals surface area (Å²) in [6, 6.07) is 17.3. The molecule has 6 nitrogen and oxygen atoms in total. The first-order chi connectivity index (χ1) is 13.5. The van der Waals surface area contributed by atoms with Gasteiger partial charge in [-0.25, -0.2) is 9.97 Å². The van der Waals surface area contributed by atoms with Crippen molar-refractivity contribution in [1.29, 1.82) is 0 Å². The second-order valence-electron chi connectivity index (χ2n) is 6.45. The maximum Gasteiger partial charge on any atom is 0.207 e. The van der Waals surface area contributed by atoms with Gasteiger partial charge in [-0.3, -0.25) is 4.57 Å².